The summed E-state index contributed by atoms with van der Waals surface area (Å²) in [5.74, 6) is -8.00. The molecule has 0 aliphatic carbocycles. The molecule has 2 aliphatic heterocycles. The molecule has 2 atom stereocenters. The van der Waals surface area contributed by atoms with Gasteiger partial charge in [-0.3, -0.25) is 19.3 Å². The molecule has 9 rings (SSSR count). The van der Waals surface area contributed by atoms with E-state index in [0.717, 1.165) is 28.5 Å². The number of hydrogen-bond acceptors (Lipinski definition) is 16. The average molecular weight is 1080 g/mol. The van der Waals surface area contributed by atoms with Crippen LogP contribution in [0.4, 0.5) is 18.3 Å². The fraction of sp³-hybridized carbons (Fsp3) is 0.189. The Morgan fingerprint density at radius 3 is 2.08 bits per heavy atom. The van der Waals surface area contributed by atoms with Gasteiger partial charge in [-0.05, 0) is 52.9 Å². The Morgan fingerprint density at radius 2 is 1.49 bits per heavy atom. The monoisotopic (exact) mass is 1080 g/mol. The van der Waals surface area contributed by atoms with Crippen molar-refractivity contribution < 1.29 is 51.4 Å². The molecule has 4 heterocycles. The van der Waals surface area contributed by atoms with Crippen molar-refractivity contribution in [1.82, 2.24) is 15.2 Å². The molecule has 1 fully saturated rings. The zero-order valence-corrected chi connectivity index (χ0v) is 42.7. The summed E-state index contributed by atoms with van der Waals surface area (Å²) in [5, 5.41) is 11.2. The van der Waals surface area contributed by atoms with Gasteiger partial charge in [-0.15, -0.1) is 46.2 Å². The molecule has 7 aromatic rings. The second kappa shape index (κ2) is 22.3. The molecular formula is C53H42F3N5O9S4. The highest BCUT2D eigenvalue weighted by atomic mass is 32.2. The lowest BCUT2D eigenvalue weighted by molar-refractivity contribution is -0.153. The van der Waals surface area contributed by atoms with Gasteiger partial charge in [0.25, 0.3) is 11.8 Å². The predicted octanol–water partition coefficient (Wildman–Crippen LogP) is 9.26. The number of benzene rings is 5. The van der Waals surface area contributed by atoms with Crippen molar-refractivity contribution in [2.24, 2.45) is 5.16 Å². The number of β-lactam (4-membered cyclic amide) rings is 1. The van der Waals surface area contributed by atoms with E-state index in [1.54, 1.807) is 29.6 Å². The lowest BCUT2D eigenvalue weighted by Crippen LogP contribution is -2.71. The summed E-state index contributed by atoms with van der Waals surface area (Å²) in [6, 6.07) is 35.7. The number of thioether (sulfide) groups is 2. The molecule has 2 amide bonds. The molecule has 1 saturated heterocycles. The van der Waals surface area contributed by atoms with Gasteiger partial charge in [0.2, 0.25) is 5.43 Å². The van der Waals surface area contributed by atoms with Crippen LogP contribution in [0.15, 0.2) is 152 Å². The van der Waals surface area contributed by atoms with Crippen molar-refractivity contribution in [2.45, 2.75) is 34.7 Å². The predicted molar refractivity (Wildman–Crippen MR) is 278 cm³/mol. The van der Waals surface area contributed by atoms with Crippen molar-refractivity contribution >= 4 is 90.9 Å². The molecule has 0 bridgehead atoms. The minimum Gasteiger partial charge on any atom is -0.497 e. The summed E-state index contributed by atoms with van der Waals surface area (Å²) in [6.07, 6.45) is 0. The normalized spacial score (nSPS) is 15.5. The fourth-order valence-electron chi connectivity index (χ4n) is 8.46. The Balaban J connectivity index is 1.00. The number of halogens is 3. The van der Waals surface area contributed by atoms with E-state index in [1.165, 1.54) is 49.1 Å². The fourth-order valence-corrected chi connectivity index (χ4v) is 13.1. The van der Waals surface area contributed by atoms with Gasteiger partial charge in [0, 0.05) is 22.3 Å². The molecule has 14 nitrogen and oxygen atoms in total. The Labute approximate surface area is 437 Å². The molecule has 5 aromatic carbocycles. The molecule has 2 aromatic heterocycles. The molecule has 0 spiro atoms. The summed E-state index contributed by atoms with van der Waals surface area (Å²) >= 11 is 3.81. The van der Waals surface area contributed by atoms with Crippen LogP contribution in [0.25, 0.3) is 10.1 Å². The topological polar surface area (TPSA) is 175 Å². The second-order valence-corrected chi connectivity index (χ2v) is 20.6. The van der Waals surface area contributed by atoms with Gasteiger partial charge < -0.3 is 29.7 Å². The van der Waals surface area contributed by atoms with Gasteiger partial charge >= 0.3 is 11.9 Å². The molecule has 1 unspecified atom stereocenters. The van der Waals surface area contributed by atoms with E-state index in [0.29, 0.717) is 39.4 Å². The van der Waals surface area contributed by atoms with E-state index in [9.17, 15) is 32.8 Å². The quantitative estimate of drug-likeness (QED) is 0.0158. The largest absolute Gasteiger partial charge is 0.497 e. The third-order valence-electron chi connectivity index (χ3n) is 12.0. The summed E-state index contributed by atoms with van der Waals surface area (Å²) < 4.78 is 59.5. The number of anilines is 1. The van der Waals surface area contributed by atoms with E-state index in [2.05, 4.69) is 15.8 Å². The van der Waals surface area contributed by atoms with Crippen LogP contribution in [-0.4, -0.2) is 83.1 Å². The second-order valence-electron chi connectivity index (χ2n) is 16.3. The van der Waals surface area contributed by atoms with Crippen LogP contribution in [0.5, 0.6) is 5.75 Å². The minimum atomic E-state index is -1.80. The van der Waals surface area contributed by atoms with Gasteiger partial charge in [-0.1, -0.05) is 108 Å². The highest BCUT2D eigenvalue weighted by Crippen LogP contribution is 2.44. The molecule has 2 N–H and O–H groups in total. The average Bonchev–Trinajstić information content (AvgIpc) is 3.91. The first-order valence-electron chi connectivity index (χ1n) is 22.6. The number of aromatic nitrogens is 1. The molecule has 0 saturated carbocycles. The first-order chi connectivity index (χ1) is 35.9. The number of carbonyl (C=O) groups is 4. The number of fused-ring (bicyclic) bond motifs is 2. The number of nitrogens with zero attached hydrogens (tertiary/aromatic N) is 3. The smallest absolute Gasteiger partial charge is 0.355 e. The summed E-state index contributed by atoms with van der Waals surface area (Å²) in [6.45, 7) is 1.16. The van der Waals surface area contributed by atoms with Gasteiger partial charge in [-0.2, -0.15) is 0 Å². The molecule has 378 valence electrons. The van der Waals surface area contributed by atoms with Crippen LogP contribution in [0.2, 0.25) is 0 Å². The minimum absolute atomic E-state index is 0.0678. The first kappa shape index (κ1) is 51.4. The van der Waals surface area contributed by atoms with E-state index in [4.69, 9.17) is 24.0 Å². The Morgan fingerprint density at radius 1 is 0.851 bits per heavy atom. The van der Waals surface area contributed by atoms with Crippen molar-refractivity contribution in [3.8, 4) is 5.75 Å². The third kappa shape index (κ3) is 9.99. The highest BCUT2D eigenvalue weighted by molar-refractivity contribution is 8.02. The Bertz CT molecular complexity index is 3300. The van der Waals surface area contributed by atoms with Crippen LogP contribution >= 0.6 is 46.2 Å². The number of ether oxygens (including phenoxy) is 3. The third-order valence-corrected chi connectivity index (χ3v) is 16.6. The number of methoxy groups -OCH3 is 1. The van der Waals surface area contributed by atoms with Crippen molar-refractivity contribution in [1.29, 1.82) is 0 Å². The number of thiazole rings is 1. The maximum Gasteiger partial charge on any atom is 0.355 e. The molecule has 21 heteroatoms. The van der Waals surface area contributed by atoms with Crippen LogP contribution < -0.4 is 20.8 Å². The number of nitrogens with one attached hydrogen (secondary N) is 2. The van der Waals surface area contributed by atoms with E-state index >= 15 is 4.39 Å². The summed E-state index contributed by atoms with van der Waals surface area (Å²) in [5.41, 5.74) is 0.889. The maximum atomic E-state index is 15.2. The zero-order chi connectivity index (χ0) is 52.1. The number of carbonyl (C=O) groups excluding carboxylic acids is 4. The number of amides is 2. The van der Waals surface area contributed by atoms with E-state index < -0.39 is 79.2 Å². The van der Waals surface area contributed by atoms with Crippen LogP contribution in [0.1, 0.15) is 45.2 Å². The highest BCUT2D eigenvalue weighted by Gasteiger charge is 2.55. The Kier molecular flexibility index (Phi) is 15.5. The number of rotatable bonds is 18. The van der Waals surface area contributed by atoms with E-state index in [-0.39, 0.29) is 46.0 Å². The number of esters is 2. The molecule has 74 heavy (non-hydrogen) atoms. The van der Waals surface area contributed by atoms with Crippen LogP contribution in [0.3, 0.4) is 0 Å². The van der Waals surface area contributed by atoms with Crippen LogP contribution in [0, 0.1) is 17.5 Å². The lowest BCUT2D eigenvalue weighted by Gasteiger charge is -2.49. The van der Waals surface area contributed by atoms with Gasteiger partial charge in [0.05, 0.1) is 22.6 Å². The summed E-state index contributed by atoms with van der Waals surface area (Å²) in [4.78, 5) is 80.9. The van der Waals surface area contributed by atoms with Gasteiger partial charge in [-0.25, -0.2) is 27.7 Å². The van der Waals surface area contributed by atoms with Crippen molar-refractivity contribution in [3.05, 3.63) is 199 Å². The maximum absolute atomic E-state index is 15.2. The Hall–Kier alpha value is -7.46. The summed E-state index contributed by atoms with van der Waals surface area (Å²) in [7, 11) is 2.78. The zero-order valence-electron chi connectivity index (χ0n) is 39.4. The van der Waals surface area contributed by atoms with Crippen LogP contribution in [-0.2, 0) is 40.8 Å². The van der Waals surface area contributed by atoms with Crippen molar-refractivity contribution in [3.63, 3.8) is 0 Å². The SMILES string of the molecule is CCOC(=O)c1c(SCC2=C(C(=O)OCc3ccc(OC)cc3)N3C(=O)C(NC(=O)/C(=N\OC)c4csc(NC(c5ccccc5)(c5ccccc5)c5ccccc5)n4)[C@H]3SC2)sc2c(F)c(F)c(F)cc2c1=O. The number of hydrogen-bond donors (Lipinski definition) is 2. The van der Waals surface area contributed by atoms with Gasteiger partial charge in [0.15, 0.2) is 28.3 Å². The standard InChI is InChI=1S/C53H42F3N5O9S4/c1-4-69-49(65)38-44(62)35-24-36(54)39(55)40(56)45(35)74-51(38)72-27-30-26-71-48-42(47(64)61(48)43(30)50(66)70-25-29-20-22-34(67-2)23-21-29)58-46(63)41(60-68-3)37-28-73-52(57-37)59-53(31-14-8-5-9-15-31,32-16-10-6-11-17-32)33-18-12-7-13-19-33/h5-24,28,42,48H,4,25-27H2,1-3H3,(H,57,59)(H,58,63)/b60-41-/t42?,48-/m1/s1. The van der Waals surface area contributed by atoms with Crippen molar-refractivity contribution in [2.75, 3.05) is 37.6 Å². The van der Waals surface area contributed by atoms with Gasteiger partial charge in [0.1, 0.15) is 53.4 Å². The lowest BCUT2D eigenvalue weighted by atomic mass is 9.77. The number of oxime groups is 1. The molecule has 2 aliphatic rings. The van der Waals surface area contributed by atoms with E-state index in [1.807, 2.05) is 91.0 Å². The molecular weight excluding hydrogens is 1040 g/mol. The molecule has 0 radical (unpaired) electrons. The first-order valence-corrected chi connectivity index (χ1v) is 26.3.